The monoisotopic (exact) mass is 200 g/mol. The van der Waals surface area contributed by atoms with Crippen LogP contribution >= 0.6 is 0 Å². The van der Waals surface area contributed by atoms with E-state index >= 15 is 0 Å². The molecule has 0 aromatic heterocycles. The summed E-state index contributed by atoms with van der Waals surface area (Å²) in [7, 11) is 0. The fraction of sp³-hybridized carbons (Fsp3) is 0.0769. The summed E-state index contributed by atoms with van der Waals surface area (Å²) in [5, 5.41) is 20.5. The van der Waals surface area contributed by atoms with E-state index < -0.39 is 0 Å². The first-order valence-electron chi connectivity index (χ1n) is 4.81. The van der Waals surface area contributed by atoms with Crippen LogP contribution in [0.5, 0.6) is 5.75 Å². The van der Waals surface area contributed by atoms with Gasteiger partial charge in [-0.2, -0.15) is 0 Å². The number of aliphatic hydroxyl groups excluding tert-OH is 1. The van der Waals surface area contributed by atoms with E-state index in [4.69, 9.17) is 5.11 Å². The van der Waals surface area contributed by atoms with Crippen molar-refractivity contribution in [1.82, 2.24) is 0 Å². The second kappa shape index (κ2) is 4.15. The Hall–Kier alpha value is -1.80. The number of phenolic OH excluding ortho intramolecular Hbond substituents is 1. The molecule has 0 atom stereocenters. The summed E-state index contributed by atoms with van der Waals surface area (Å²) in [6.45, 7) is -0.0251. The van der Waals surface area contributed by atoms with Gasteiger partial charge in [0.15, 0.2) is 0 Å². The number of hydrogen-bond donors (Lipinski definition) is 2. The normalized spacial score (nSPS) is 11.3. The Kier molecular flexibility index (Phi) is 2.70. The van der Waals surface area contributed by atoms with Crippen LogP contribution in [0, 0.1) is 0 Å². The van der Waals surface area contributed by atoms with Gasteiger partial charge in [-0.15, -0.1) is 0 Å². The van der Waals surface area contributed by atoms with Crippen LogP contribution in [0.15, 0.2) is 42.5 Å². The number of fused-ring (bicyclic) bond motifs is 1. The van der Waals surface area contributed by atoms with Crippen molar-refractivity contribution >= 4 is 16.8 Å². The van der Waals surface area contributed by atoms with Crippen molar-refractivity contribution in [2.45, 2.75) is 0 Å². The van der Waals surface area contributed by atoms with Crippen molar-refractivity contribution < 1.29 is 10.2 Å². The van der Waals surface area contributed by atoms with Crippen molar-refractivity contribution in [3.05, 3.63) is 48.0 Å². The average Bonchev–Trinajstić information content (AvgIpc) is 2.28. The van der Waals surface area contributed by atoms with Crippen LogP contribution in [0.25, 0.3) is 16.8 Å². The van der Waals surface area contributed by atoms with Gasteiger partial charge in [-0.3, -0.25) is 0 Å². The lowest BCUT2D eigenvalue weighted by Gasteiger charge is -2.04. The summed E-state index contributed by atoms with van der Waals surface area (Å²) in [5.74, 6) is 0.235. The van der Waals surface area contributed by atoms with Gasteiger partial charge in [0.2, 0.25) is 0 Å². The molecular formula is C13H12O2. The summed E-state index contributed by atoms with van der Waals surface area (Å²) in [5.41, 5.74) is 0.752. The Balaban J connectivity index is 2.68. The molecule has 2 rings (SSSR count). The molecule has 0 aliphatic rings. The zero-order valence-corrected chi connectivity index (χ0v) is 8.22. The van der Waals surface area contributed by atoms with Gasteiger partial charge in [0, 0.05) is 5.56 Å². The quantitative estimate of drug-likeness (QED) is 0.782. The summed E-state index contributed by atoms with van der Waals surface area (Å²) >= 11 is 0. The van der Waals surface area contributed by atoms with E-state index in [0.717, 1.165) is 16.3 Å². The molecule has 2 N–H and O–H groups in total. The van der Waals surface area contributed by atoms with Gasteiger partial charge in [-0.25, -0.2) is 0 Å². The first-order valence-corrected chi connectivity index (χ1v) is 4.81. The van der Waals surface area contributed by atoms with E-state index in [1.165, 1.54) is 0 Å². The van der Waals surface area contributed by atoms with Gasteiger partial charge < -0.3 is 10.2 Å². The molecule has 0 saturated carbocycles. The van der Waals surface area contributed by atoms with Crippen molar-refractivity contribution in [1.29, 1.82) is 0 Å². The number of rotatable bonds is 2. The molecule has 0 aliphatic heterocycles. The van der Waals surface area contributed by atoms with Crippen LogP contribution in [0.2, 0.25) is 0 Å². The van der Waals surface area contributed by atoms with Crippen LogP contribution in [-0.4, -0.2) is 16.8 Å². The zero-order chi connectivity index (χ0) is 10.7. The minimum atomic E-state index is -0.0251. The first kappa shape index (κ1) is 9.74. The molecule has 2 nitrogen and oxygen atoms in total. The highest BCUT2D eigenvalue weighted by Crippen LogP contribution is 2.27. The molecule has 0 bridgehead atoms. The molecular weight excluding hydrogens is 188 g/mol. The lowest BCUT2D eigenvalue weighted by molar-refractivity contribution is 0.343. The van der Waals surface area contributed by atoms with Gasteiger partial charge in [0.25, 0.3) is 0 Å². The molecule has 0 amide bonds. The second-order valence-electron chi connectivity index (χ2n) is 3.30. The highest BCUT2D eigenvalue weighted by atomic mass is 16.3. The van der Waals surface area contributed by atoms with Crippen LogP contribution in [0.3, 0.4) is 0 Å². The number of benzene rings is 2. The van der Waals surface area contributed by atoms with Crippen molar-refractivity contribution in [3.8, 4) is 5.75 Å². The average molecular weight is 200 g/mol. The maximum Gasteiger partial charge on any atom is 0.123 e. The molecule has 0 heterocycles. The number of aromatic hydroxyl groups is 1. The predicted octanol–water partition coefficient (Wildman–Crippen LogP) is 2.55. The van der Waals surface area contributed by atoms with E-state index in [2.05, 4.69) is 0 Å². The van der Waals surface area contributed by atoms with Crippen molar-refractivity contribution in [3.63, 3.8) is 0 Å². The molecule has 2 aromatic carbocycles. The Bertz CT molecular complexity index is 501. The maximum absolute atomic E-state index is 9.70. The molecule has 0 aliphatic carbocycles. The molecule has 76 valence electrons. The predicted molar refractivity (Wildman–Crippen MR) is 61.7 cm³/mol. The third kappa shape index (κ3) is 1.85. The molecule has 0 spiro atoms. The summed E-state index contributed by atoms with van der Waals surface area (Å²) in [6, 6.07) is 11.4. The minimum Gasteiger partial charge on any atom is -0.507 e. The van der Waals surface area contributed by atoms with Gasteiger partial charge in [0.1, 0.15) is 5.75 Å². The van der Waals surface area contributed by atoms with E-state index in [1.54, 1.807) is 18.2 Å². The Labute approximate surface area is 88.1 Å². The maximum atomic E-state index is 9.70. The third-order valence-corrected chi connectivity index (χ3v) is 2.34. The minimum absolute atomic E-state index is 0.0251. The molecule has 2 heteroatoms. The van der Waals surface area contributed by atoms with E-state index in [-0.39, 0.29) is 12.4 Å². The molecule has 0 saturated heterocycles. The highest BCUT2D eigenvalue weighted by molar-refractivity contribution is 5.92. The van der Waals surface area contributed by atoms with Crippen molar-refractivity contribution in [2.24, 2.45) is 0 Å². The molecule has 2 aromatic rings. The topological polar surface area (TPSA) is 40.5 Å². The lowest BCUT2D eigenvalue weighted by Crippen LogP contribution is -1.80. The van der Waals surface area contributed by atoms with Gasteiger partial charge in [0.05, 0.1) is 6.61 Å². The second-order valence-corrected chi connectivity index (χ2v) is 3.30. The fourth-order valence-electron chi connectivity index (χ4n) is 1.63. The van der Waals surface area contributed by atoms with E-state index in [1.807, 2.05) is 30.3 Å². The molecule has 15 heavy (non-hydrogen) atoms. The van der Waals surface area contributed by atoms with E-state index in [9.17, 15) is 5.11 Å². The first-order chi connectivity index (χ1) is 7.33. The van der Waals surface area contributed by atoms with Gasteiger partial charge in [-0.05, 0) is 16.8 Å². The third-order valence-electron chi connectivity index (χ3n) is 2.34. The summed E-state index contributed by atoms with van der Waals surface area (Å²) < 4.78 is 0. The highest BCUT2D eigenvalue weighted by Gasteiger charge is 2.02. The number of aliphatic hydroxyl groups is 1. The summed E-state index contributed by atoms with van der Waals surface area (Å²) in [4.78, 5) is 0. The van der Waals surface area contributed by atoms with Crippen molar-refractivity contribution in [2.75, 3.05) is 6.61 Å². The Morgan fingerprint density at radius 2 is 1.87 bits per heavy atom. The van der Waals surface area contributed by atoms with Gasteiger partial charge in [-0.1, -0.05) is 42.5 Å². The number of phenols is 1. The zero-order valence-electron chi connectivity index (χ0n) is 8.22. The molecule has 0 radical (unpaired) electrons. The molecule has 0 unspecified atom stereocenters. The standard InChI is InChI=1S/C13H12O2/c14-9-3-6-12-11-5-2-1-4-10(11)7-8-13(12)15/h1-8,14-15H,9H2. The van der Waals surface area contributed by atoms with Gasteiger partial charge >= 0.3 is 0 Å². The Morgan fingerprint density at radius 1 is 1.07 bits per heavy atom. The summed E-state index contributed by atoms with van der Waals surface area (Å²) in [6.07, 6.45) is 3.35. The van der Waals surface area contributed by atoms with E-state index in [0.29, 0.717) is 0 Å². The number of hydrogen-bond acceptors (Lipinski definition) is 2. The molecule has 0 fully saturated rings. The smallest absolute Gasteiger partial charge is 0.123 e. The fourth-order valence-corrected chi connectivity index (χ4v) is 1.63. The van der Waals surface area contributed by atoms with Crippen LogP contribution in [0.4, 0.5) is 0 Å². The Morgan fingerprint density at radius 3 is 2.67 bits per heavy atom. The lowest BCUT2D eigenvalue weighted by atomic mass is 10.0. The van der Waals surface area contributed by atoms with Crippen LogP contribution in [0.1, 0.15) is 5.56 Å². The van der Waals surface area contributed by atoms with Crippen LogP contribution < -0.4 is 0 Å². The van der Waals surface area contributed by atoms with Crippen LogP contribution in [-0.2, 0) is 0 Å². The SMILES string of the molecule is OCC=Cc1c(O)ccc2ccccc12. The largest absolute Gasteiger partial charge is 0.507 e.